The number of rotatable bonds is 10. The van der Waals surface area contributed by atoms with E-state index in [-0.39, 0.29) is 0 Å². The first kappa shape index (κ1) is 14.9. The van der Waals surface area contributed by atoms with Crippen LogP contribution in [-0.2, 0) is 13.6 Å². The largest absolute Gasteiger partial charge is 0.319 e. The van der Waals surface area contributed by atoms with E-state index in [1.807, 2.05) is 6.08 Å². The molecule has 90 valence electrons. The maximum absolute atomic E-state index is 11.3. The van der Waals surface area contributed by atoms with Crippen LogP contribution in [0.15, 0.2) is 12.7 Å². The Bertz CT molecular complexity index is 183. The predicted octanol–water partition coefficient (Wildman–Crippen LogP) is 3.81. The molecule has 0 aromatic rings. The van der Waals surface area contributed by atoms with E-state index < -0.39 is 8.25 Å². The summed E-state index contributed by atoms with van der Waals surface area (Å²) in [7, 11) is -2.27. The van der Waals surface area contributed by atoms with Gasteiger partial charge in [0.2, 0.25) is 0 Å². The zero-order valence-corrected chi connectivity index (χ0v) is 10.8. The first-order valence-electron chi connectivity index (χ1n) is 5.65. The highest BCUT2D eigenvalue weighted by molar-refractivity contribution is 7.33. The molecule has 0 fully saturated rings. The molecule has 0 aliphatic rings. The Labute approximate surface area is 93.8 Å². The van der Waals surface area contributed by atoms with Crippen LogP contribution in [0.25, 0.3) is 0 Å². The molecule has 0 bridgehead atoms. The molecule has 0 N–H and O–H groups in total. The Kier molecular flexibility index (Phi) is 10.3. The summed E-state index contributed by atoms with van der Waals surface area (Å²) in [5.41, 5.74) is 0. The van der Waals surface area contributed by atoms with Gasteiger partial charge in [-0.25, -0.2) is 0 Å². The van der Waals surface area contributed by atoms with Crippen LogP contribution in [0.2, 0.25) is 0 Å². The van der Waals surface area contributed by atoms with Crippen LogP contribution in [0, 0.1) is 5.92 Å². The van der Waals surface area contributed by atoms with E-state index in [4.69, 9.17) is 9.05 Å². The van der Waals surface area contributed by atoms with Gasteiger partial charge in [-0.15, -0.1) is 6.58 Å². The SMILES string of the molecule is C=CCC(CC)CO[PH](=O)OCCCC. The van der Waals surface area contributed by atoms with Gasteiger partial charge in [0.1, 0.15) is 0 Å². The number of allylic oxidation sites excluding steroid dienone is 1. The first-order valence-corrected chi connectivity index (χ1v) is 6.87. The fourth-order valence-corrected chi connectivity index (χ4v) is 1.88. The van der Waals surface area contributed by atoms with Crippen LogP contribution in [-0.4, -0.2) is 13.2 Å². The van der Waals surface area contributed by atoms with Crippen LogP contribution < -0.4 is 0 Å². The van der Waals surface area contributed by atoms with Crippen molar-refractivity contribution in [2.45, 2.75) is 39.5 Å². The van der Waals surface area contributed by atoms with E-state index in [0.717, 1.165) is 25.7 Å². The molecule has 0 aliphatic carbocycles. The van der Waals surface area contributed by atoms with E-state index in [1.54, 1.807) is 0 Å². The first-order chi connectivity index (χ1) is 7.24. The summed E-state index contributed by atoms with van der Waals surface area (Å²) in [6, 6.07) is 0. The normalized spacial score (nSPS) is 14.8. The van der Waals surface area contributed by atoms with Crippen molar-refractivity contribution in [3.05, 3.63) is 12.7 Å². The second kappa shape index (κ2) is 10.4. The Morgan fingerprint density at radius 2 is 2.13 bits per heavy atom. The van der Waals surface area contributed by atoms with Gasteiger partial charge in [-0.1, -0.05) is 32.8 Å². The lowest BCUT2D eigenvalue weighted by Gasteiger charge is -2.12. The standard InChI is InChI=1S/C11H23O3P/c1-4-7-9-13-15(12)14-10-11(6-3)8-5-2/h5,11,15H,2,4,6-10H2,1,3H3. The molecule has 2 atom stereocenters. The Balaban J connectivity index is 3.54. The molecule has 0 saturated carbocycles. The molecule has 4 heteroatoms. The molecule has 15 heavy (non-hydrogen) atoms. The zero-order valence-electron chi connectivity index (χ0n) is 9.83. The second-order valence-corrected chi connectivity index (χ2v) is 4.64. The third kappa shape index (κ3) is 8.86. The maximum atomic E-state index is 11.3. The summed E-state index contributed by atoms with van der Waals surface area (Å²) >= 11 is 0. The number of hydrogen-bond donors (Lipinski definition) is 0. The second-order valence-electron chi connectivity index (χ2n) is 3.56. The van der Waals surface area contributed by atoms with E-state index in [1.165, 1.54) is 0 Å². The van der Waals surface area contributed by atoms with E-state index in [0.29, 0.717) is 19.1 Å². The minimum atomic E-state index is -2.27. The minimum Gasteiger partial charge on any atom is -0.311 e. The van der Waals surface area contributed by atoms with Crippen molar-refractivity contribution >= 4 is 8.25 Å². The van der Waals surface area contributed by atoms with Gasteiger partial charge in [-0.3, -0.25) is 4.57 Å². The van der Waals surface area contributed by atoms with E-state index in [9.17, 15) is 4.57 Å². The zero-order chi connectivity index (χ0) is 11.5. The average molecular weight is 234 g/mol. The third-order valence-electron chi connectivity index (χ3n) is 2.23. The number of unbranched alkanes of at least 4 members (excludes halogenated alkanes) is 1. The molecule has 0 saturated heterocycles. The molecule has 3 nitrogen and oxygen atoms in total. The summed E-state index contributed by atoms with van der Waals surface area (Å²) in [5.74, 6) is 0.409. The molecule has 0 radical (unpaired) electrons. The van der Waals surface area contributed by atoms with Gasteiger partial charge in [-0.2, -0.15) is 0 Å². The lowest BCUT2D eigenvalue weighted by molar-refractivity contribution is 0.193. The summed E-state index contributed by atoms with van der Waals surface area (Å²) < 4.78 is 21.5. The summed E-state index contributed by atoms with van der Waals surface area (Å²) in [4.78, 5) is 0. The van der Waals surface area contributed by atoms with Gasteiger partial charge < -0.3 is 9.05 Å². The molecule has 0 aromatic carbocycles. The van der Waals surface area contributed by atoms with E-state index in [2.05, 4.69) is 20.4 Å². The van der Waals surface area contributed by atoms with Crippen molar-refractivity contribution in [1.29, 1.82) is 0 Å². The molecular formula is C11H23O3P. The monoisotopic (exact) mass is 234 g/mol. The quantitative estimate of drug-likeness (QED) is 0.327. The van der Waals surface area contributed by atoms with Gasteiger partial charge >= 0.3 is 8.25 Å². The van der Waals surface area contributed by atoms with Gasteiger partial charge in [0, 0.05) is 0 Å². The molecule has 0 aliphatic heterocycles. The highest BCUT2D eigenvalue weighted by Gasteiger charge is 2.07. The van der Waals surface area contributed by atoms with Crippen molar-refractivity contribution < 1.29 is 13.6 Å². The highest BCUT2D eigenvalue weighted by atomic mass is 31.1. The molecule has 0 aromatic heterocycles. The fraction of sp³-hybridized carbons (Fsp3) is 0.818. The highest BCUT2D eigenvalue weighted by Crippen LogP contribution is 2.26. The van der Waals surface area contributed by atoms with Crippen LogP contribution in [0.5, 0.6) is 0 Å². The molecule has 0 spiro atoms. The molecule has 0 heterocycles. The fourth-order valence-electron chi connectivity index (χ4n) is 1.12. The molecular weight excluding hydrogens is 211 g/mol. The Morgan fingerprint density at radius 3 is 2.67 bits per heavy atom. The molecule has 2 unspecified atom stereocenters. The van der Waals surface area contributed by atoms with Crippen molar-refractivity contribution in [1.82, 2.24) is 0 Å². The topological polar surface area (TPSA) is 35.5 Å². The van der Waals surface area contributed by atoms with Gasteiger partial charge in [-0.05, 0) is 18.8 Å². The lowest BCUT2D eigenvalue weighted by atomic mass is 10.0. The van der Waals surface area contributed by atoms with Crippen molar-refractivity contribution in [2.24, 2.45) is 5.92 Å². The van der Waals surface area contributed by atoms with Crippen LogP contribution in [0.1, 0.15) is 39.5 Å². The van der Waals surface area contributed by atoms with Crippen LogP contribution >= 0.6 is 8.25 Å². The van der Waals surface area contributed by atoms with Crippen molar-refractivity contribution in [3.63, 3.8) is 0 Å². The van der Waals surface area contributed by atoms with Crippen LogP contribution in [0.4, 0.5) is 0 Å². The van der Waals surface area contributed by atoms with Crippen molar-refractivity contribution in [3.8, 4) is 0 Å². The Hall–Kier alpha value is -0.110. The van der Waals surface area contributed by atoms with Crippen molar-refractivity contribution in [2.75, 3.05) is 13.2 Å². The maximum Gasteiger partial charge on any atom is 0.319 e. The minimum absolute atomic E-state index is 0.409. The average Bonchev–Trinajstić information content (AvgIpc) is 2.24. The summed E-state index contributed by atoms with van der Waals surface area (Å²) in [5, 5.41) is 0. The molecule has 0 amide bonds. The predicted molar refractivity (Wildman–Crippen MR) is 64.4 cm³/mol. The van der Waals surface area contributed by atoms with Gasteiger partial charge in [0.15, 0.2) is 0 Å². The number of hydrogen-bond acceptors (Lipinski definition) is 3. The van der Waals surface area contributed by atoms with Crippen LogP contribution in [0.3, 0.4) is 0 Å². The lowest BCUT2D eigenvalue weighted by Crippen LogP contribution is -2.05. The summed E-state index contributed by atoms with van der Waals surface area (Å²) in [6.45, 7) is 8.88. The third-order valence-corrected chi connectivity index (χ3v) is 3.07. The van der Waals surface area contributed by atoms with E-state index >= 15 is 0 Å². The van der Waals surface area contributed by atoms with Gasteiger partial charge in [0.05, 0.1) is 13.2 Å². The molecule has 0 rings (SSSR count). The Morgan fingerprint density at radius 1 is 1.40 bits per heavy atom. The summed E-state index contributed by atoms with van der Waals surface area (Å²) in [6.07, 6.45) is 5.76. The smallest absolute Gasteiger partial charge is 0.311 e. The van der Waals surface area contributed by atoms with Gasteiger partial charge in [0.25, 0.3) is 0 Å².